The van der Waals surface area contributed by atoms with Crippen molar-refractivity contribution in [1.82, 2.24) is 14.5 Å². The Balaban J connectivity index is 2.23. The van der Waals surface area contributed by atoms with Gasteiger partial charge < -0.3 is 20.7 Å². The van der Waals surface area contributed by atoms with Crippen LogP contribution in [0.3, 0.4) is 0 Å². The highest BCUT2D eigenvalue weighted by molar-refractivity contribution is 5.84. The predicted molar refractivity (Wildman–Crippen MR) is 108 cm³/mol. The van der Waals surface area contributed by atoms with Gasteiger partial charge in [-0.3, -0.25) is 9.79 Å². The van der Waals surface area contributed by atoms with Crippen molar-refractivity contribution in [3.05, 3.63) is 30.4 Å². The number of rotatable bonds is 9. The van der Waals surface area contributed by atoms with E-state index in [0.29, 0.717) is 29.4 Å². The van der Waals surface area contributed by atoms with Gasteiger partial charge in [0.25, 0.3) is 0 Å². The number of allylic oxidation sites excluding steroid dienone is 1. The number of carboxylic acids is 1. The smallest absolute Gasteiger partial charge is 0.325 e. The van der Waals surface area contributed by atoms with Gasteiger partial charge in [0.2, 0.25) is 5.95 Å². The molecule has 0 atom stereocenters. The van der Waals surface area contributed by atoms with Gasteiger partial charge in [0.05, 0.1) is 5.70 Å². The minimum Gasteiger partial charge on any atom is -0.480 e. The Morgan fingerprint density at radius 1 is 1.37 bits per heavy atom. The van der Waals surface area contributed by atoms with Gasteiger partial charge in [-0.1, -0.05) is 27.7 Å². The third-order valence-electron chi connectivity index (χ3n) is 4.51. The maximum Gasteiger partial charge on any atom is 0.325 e. The zero-order chi connectivity index (χ0) is 20.0. The molecule has 0 saturated carbocycles. The predicted octanol–water partition coefficient (Wildman–Crippen LogP) is 2.73. The first-order chi connectivity index (χ1) is 12.8. The minimum absolute atomic E-state index is 0.326. The van der Waals surface area contributed by atoms with E-state index >= 15 is 0 Å². The van der Waals surface area contributed by atoms with Crippen LogP contribution in [0.25, 0.3) is 11.0 Å². The van der Waals surface area contributed by atoms with Gasteiger partial charge in [-0.25, -0.2) is 4.98 Å². The zero-order valence-electron chi connectivity index (χ0n) is 16.3. The number of carboxylic acid groups (broad SMARTS) is 1. The molecule has 0 unspecified atom stereocenters. The van der Waals surface area contributed by atoms with E-state index in [-0.39, 0.29) is 6.54 Å². The zero-order valence-corrected chi connectivity index (χ0v) is 16.3. The molecule has 8 heteroatoms. The first kappa shape index (κ1) is 20.4. The largest absolute Gasteiger partial charge is 0.480 e. The average molecular weight is 372 g/mol. The Morgan fingerprint density at radius 2 is 2.07 bits per heavy atom. The van der Waals surface area contributed by atoms with E-state index in [2.05, 4.69) is 52.5 Å². The van der Waals surface area contributed by atoms with Crippen molar-refractivity contribution in [2.24, 2.45) is 28.5 Å². The Labute approximate surface area is 159 Å². The summed E-state index contributed by atoms with van der Waals surface area (Å²) >= 11 is 0. The molecule has 146 valence electrons. The lowest BCUT2D eigenvalue weighted by atomic mass is 9.85. The number of nitrogens with zero attached hydrogens (tertiary/aromatic N) is 4. The highest BCUT2D eigenvalue weighted by atomic mass is 16.4. The molecule has 0 amide bonds. The highest BCUT2D eigenvalue weighted by Gasteiger charge is 2.19. The van der Waals surface area contributed by atoms with E-state index in [0.717, 1.165) is 17.6 Å². The van der Waals surface area contributed by atoms with E-state index in [9.17, 15) is 4.79 Å². The van der Waals surface area contributed by atoms with Gasteiger partial charge in [0.1, 0.15) is 12.2 Å². The van der Waals surface area contributed by atoms with E-state index in [1.165, 1.54) is 12.4 Å². The number of anilines is 1. The van der Waals surface area contributed by atoms with Gasteiger partial charge in [0, 0.05) is 36.7 Å². The third-order valence-corrected chi connectivity index (χ3v) is 4.51. The molecule has 0 bridgehead atoms. The minimum atomic E-state index is -1.01. The van der Waals surface area contributed by atoms with E-state index in [4.69, 9.17) is 10.8 Å². The van der Waals surface area contributed by atoms with Crippen molar-refractivity contribution < 1.29 is 9.90 Å². The van der Waals surface area contributed by atoms with Crippen molar-refractivity contribution in [1.29, 1.82) is 0 Å². The summed E-state index contributed by atoms with van der Waals surface area (Å²) in [5, 5.41) is 12.6. The second kappa shape index (κ2) is 9.16. The highest BCUT2D eigenvalue weighted by Crippen LogP contribution is 2.25. The quantitative estimate of drug-likeness (QED) is 0.582. The molecule has 2 aromatic heterocycles. The van der Waals surface area contributed by atoms with Crippen LogP contribution in [0.4, 0.5) is 5.95 Å². The first-order valence-corrected chi connectivity index (χ1v) is 9.04. The second-order valence-corrected chi connectivity index (χ2v) is 7.20. The molecule has 0 aliphatic heterocycles. The van der Waals surface area contributed by atoms with Crippen molar-refractivity contribution in [2.45, 2.75) is 34.2 Å². The van der Waals surface area contributed by atoms with Crippen molar-refractivity contribution in [3.8, 4) is 0 Å². The van der Waals surface area contributed by atoms with Crippen LogP contribution in [0.2, 0.25) is 0 Å². The molecule has 0 aliphatic rings. The Hall–Kier alpha value is -2.90. The lowest BCUT2D eigenvalue weighted by molar-refractivity contribution is -0.135. The Kier molecular flexibility index (Phi) is 6.92. The van der Waals surface area contributed by atoms with Gasteiger partial charge in [-0.05, 0) is 23.8 Å². The Bertz CT molecular complexity index is 830. The molecule has 27 heavy (non-hydrogen) atoms. The molecular weight excluding hydrogens is 344 g/mol. The molecule has 2 heterocycles. The van der Waals surface area contributed by atoms with E-state index in [1.807, 2.05) is 12.3 Å². The number of carbonyl (C=O) groups is 1. The molecule has 0 aromatic carbocycles. The van der Waals surface area contributed by atoms with Gasteiger partial charge in [-0.15, -0.1) is 0 Å². The number of hydrogen-bond donors (Lipinski definition) is 3. The number of nitrogens with one attached hydrogen (secondary N) is 1. The number of hydrogen-bond acceptors (Lipinski definition) is 6. The van der Waals surface area contributed by atoms with Crippen LogP contribution < -0.4 is 11.1 Å². The first-order valence-electron chi connectivity index (χ1n) is 9.04. The fourth-order valence-electron chi connectivity index (χ4n) is 3.06. The van der Waals surface area contributed by atoms with Gasteiger partial charge >= 0.3 is 5.97 Å². The average Bonchev–Trinajstić information content (AvgIpc) is 3.00. The molecule has 0 radical (unpaired) electrons. The van der Waals surface area contributed by atoms with Crippen LogP contribution in [-0.4, -0.2) is 38.4 Å². The second-order valence-electron chi connectivity index (χ2n) is 7.20. The van der Waals surface area contributed by atoms with Crippen LogP contribution in [0, 0.1) is 17.8 Å². The number of fused-ring (bicyclic) bond motifs is 1. The van der Waals surface area contributed by atoms with E-state index in [1.54, 1.807) is 6.20 Å². The molecule has 0 aliphatic carbocycles. The summed E-state index contributed by atoms with van der Waals surface area (Å²) in [5.74, 6) is 1.04. The SMILES string of the molecule is CC(C)C(Cn1ccc2cnc(NC(C=NCC(=O)O)=CN)nc21)C(C)C. The van der Waals surface area contributed by atoms with Crippen LogP contribution >= 0.6 is 0 Å². The maximum absolute atomic E-state index is 10.6. The summed E-state index contributed by atoms with van der Waals surface area (Å²) in [7, 11) is 0. The summed E-state index contributed by atoms with van der Waals surface area (Å²) < 4.78 is 2.15. The summed E-state index contributed by atoms with van der Waals surface area (Å²) in [6.45, 7) is 9.53. The Morgan fingerprint density at radius 3 is 2.67 bits per heavy atom. The summed E-state index contributed by atoms with van der Waals surface area (Å²) in [4.78, 5) is 23.2. The molecule has 4 N–H and O–H groups in total. The van der Waals surface area contributed by atoms with Crippen LogP contribution in [0.1, 0.15) is 27.7 Å². The number of aromatic nitrogens is 3. The molecule has 0 spiro atoms. The van der Waals surface area contributed by atoms with E-state index < -0.39 is 5.97 Å². The standard InChI is InChI=1S/C19H28N6O2/c1-12(2)16(13(3)4)11-25-6-5-14-8-22-19(24-18(14)25)23-15(7-20)9-21-10-17(26)27/h5-9,12-13,16H,10-11,20H2,1-4H3,(H,26,27)(H,22,23,24). The maximum atomic E-state index is 10.6. The normalized spacial score (nSPS) is 12.8. The number of aliphatic carboxylic acids is 1. The van der Waals surface area contributed by atoms with Crippen LogP contribution in [0.15, 0.2) is 35.3 Å². The molecular formula is C19H28N6O2. The lowest BCUT2D eigenvalue weighted by Gasteiger charge is -2.25. The van der Waals surface area contributed by atoms with Crippen molar-refractivity contribution in [2.75, 3.05) is 11.9 Å². The van der Waals surface area contributed by atoms with Gasteiger partial charge in [-0.2, -0.15) is 4.98 Å². The van der Waals surface area contributed by atoms with Crippen molar-refractivity contribution in [3.63, 3.8) is 0 Å². The molecule has 2 aromatic rings. The van der Waals surface area contributed by atoms with Gasteiger partial charge in [0.15, 0.2) is 0 Å². The third kappa shape index (κ3) is 5.54. The van der Waals surface area contributed by atoms with Crippen LogP contribution in [-0.2, 0) is 11.3 Å². The molecule has 0 fully saturated rings. The molecule has 8 nitrogen and oxygen atoms in total. The molecule has 0 saturated heterocycles. The van der Waals surface area contributed by atoms with Crippen LogP contribution in [0.5, 0.6) is 0 Å². The fraction of sp³-hybridized carbons (Fsp3) is 0.474. The summed E-state index contributed by atoms with van der Waals surface area (Å²) in [6, 6.07) is 2.00. The fourth-order valence-corrected chi connectivity index (χ4v) is 3.06. The number of aliphatic imine (C=N–C) groups is 1. The number of nitrogens with two attached hydrogens (primary N) is 1. The monoisotopic (exact) mass is 372 g/mol. The summed E-state index contributed by atoms with van der Waals surface area (Å²) in [6.07, 6.45) is 6.44. The van der Waals surface area contributed by atoms with Crippen molar-refractivity contribution >= 4 is 29.2 Å². The topological polar surface area (TPSA) is 118 Å². The summed E-state index contributed by atoms with van der Waals surface area (Å²) in [5.41, 5.74) is 6.84. The lowest BCUT2D eigenvalue weighted by Crippen LogP contribution is -2.21. The molecule has 2 rings (SSSR count).